The number of carbonyl (C=O) groups excluding carboxylic acids is 1. The SMILES string of the molecule is Cc1csc(NC(=O)Cn2nc(C3CCN(S(C)(=O)=O)CC3)n(-c3cccs3)c2=O)n1. The zero-order valence-corrected chi connectivity index (χ0v) is 19.5. The summed E-state index contributed by atoms with van der Waals surface area (Å²) in [4.78, 5) is 29.8. The Balaban J connectivity index is 1.60. The zero-order chi connectivity index (χ0) is 22.2. The molecular weight excluding hydrogens is 460 g/mol. The van der Waals surface area contributed by atoms with Gasteiger partial charge in [-0.25, -0.2) is 31.8 Å². The second kappa shape index (κ2) is 8.65. The molecule has 0 radical (unpaired) electrons. The Bertz CT molecular complexity index is 1230. The molecule has 3 aromatic heterocycles. The first-order valence-electron chi connectivity index (χ1n) is 9.63. The number of anilines is 1. The average molecular weight is 483 g/mol. The van der Waals surface area contributed by atoms with E-state index in [0.29, 0.717) is 41.9 Å². The van der Waals surface area contributed by atoms with E-state index in [1.165, 1.54) is 37.8 Å². The van der Waals surface area contributed by atoms with Crippen LogP contribution in [0.3, 0.4) is 0 Å². The van der Waals surface area contributed by atoms with E-state index in [2.05, 4.69) is 15.4 Å². The Kier molecular flexibility index (Phi) is 6.10. The van der Waals surface area contributed by atoms with Gasteiger partial charge in [-0.2, -0.15) is 5.10 Å². The molecule has 0 aromatic carbocycles. The predicted octanol–water partition coefficient (Wildman–Crippen LogP) is 1.64. The van der Waals surface area contributed by atoms with Gasteiger partial charge in [0, 0.05) is 24.4 Å². The second-order valence-corrected chi connectivity index (χ2v) is 11.1. The summed E-state index contributed by atoms with van der Waals surface area (Å²) in [5.41, 5.74) is 0.413. The van der Waals surface area contributed by atoms with E-state index in [-0.39, 0.29) is 18.4 Å². The molecule has 4 rings (SSSR count). The van der Waals surface area contributed by atoms with Gasteiger partial charge in [0.15, 0.2) is 5.13 Å². The number of piperidine rings is 1. The molecular formula is C18H22N6O4S3. The number of amides is 1. The molecule has 0 aliphatic carbocycles. The van der Waals surface area contributed by atoms with Gasteiger partial charge in [-0.1, -0.05) is 0 Å². The minimum Gasteiger partial charge on any atom is -0.300 e. The Morgan fingerprint density at radius 1 is 1.29 bits per heavy atom. The largest absolute Gasteiger partial charge is 0.351 e. The van der Waals surface area contributed by atoms with Crippen LogP contribution in [0.2, 0.25) is 0 Å². The summed E-state index contributed by atoms with van der Waals surface area (Å²) in [5, 5.41) is 12.1. The van der Waals surface area contributed by atoms with Gasteiger partial charge in [0.05, 0.1) is 11.9 Å². The third-order valence-electron chi connectivity index (χ3n) is 5.04. The van der Waals surface area contributed by atoms with E-state index in [1.807, 2.05) is 29.8 Å². The number of nitrogens with one attached hydrogen (secondary N) is 1. The molecule has 3 aromatic rings. The summed E-state index contributed by atoms with van der Waals surface area (Å²) in [6, 6.07) is 3.67. The van der Waals surface area contributed by atoms with Crippen LogP contribution in [0.1, 0.15) is 30.3 Å². The minimum absolute atomic E-state index is 0.0845. The molecule has 1 saturated heterocycles. The van der Waals surface area contributed by atoms with Crippen LogP contribution in [0.15, 0.2) is 27.7 Å². The molecule has 10 nitrogen and oxygen atoms in total. The van der Waals surface area contributed by atoms with Crippen molar-refractivity contribution in [2.45, 2.75) is 32.2 Å². The molecule has 31 heavy (non-hydrogen) atoms. The number of hydrogen-bond acceptors (Lipinski definition) is 8. The molecule has 1 aliphatic rings. The van der Waals surface area contributed by atoms with Crippen LogP contribution in [-0.4, -0.2) is 57.3 Å². The summed E-state index contributed by atoms with van der Waals surface area (Å²) in [6.45, 7) is 2.35. The van der Waals surface area contributed by atoms with Crippen molar-refractivity contribution in [3.05, 3.63) is 44.9 Å². The smallest absolute Gasteiger partial charge is 0.300 e. The number of thiazole rings is 1. The van der Waals surface area contributed by atoms with E-state index < -0.39 is 15.7 Å². The standard InChI is InChI=1S/C18H22N6O4S3/c1-12-11-30-17(19-12)20-14(25)10-23-18(26)24(15-4-3-9-29-15)16(21-23)13-5-7-22(8-6-13)31(2,27)28/h3-4,9,11,13H,5-8,10H2,1-2H3,(H,19,20,25). The van der Waals surface area contributed by atoms with Gasteiger partial charge >= 0.3 is 5.69 Å². The maximum atomic E-state index is 13.1. The van der Waals surface area contributed by atoms with Gasteiger partial charge in [-0.15, -0.1) is 22.7 Å². The zero-order valence-electron chi connectivity index (χ0n) is 17.0. The fourth-order valence-corrected chi connectivity index (χ4v) is 5.86. The summed E-state index contributed by atoms with van der Waals surface area (Å²) in [5.74, 6) is 0.0861. The van der Waals surface area contributed by atoms with Crippen molar-refractivity contribution in [1.82, 2.24) is 23.6 Å². The van der Waals surface area contributed by atoms with E-state index in [4.69, 9.17) is 0 Å². The number of nitrogens with zero attached hydrogens (tertiary/aromatic N) is 5. The molecule has 0 bridgehead atoms. The van der Waals surface area contributed by atoms with Crippen LogP contribution >= 0.6 is 22.7 Å². The second-order valence-electron chi connectivity index (χ2n) is 7.36. The molecule has 1 fully saturated rings. The van der Waals surface area contributed by atoms with Gasteiger partial charge in [0.2, 0.25) is 15.9 Å². The fraction of sp³-hybridized carbons (Fsp3) is 0.444. The number of sulfonamides is 1. The van der Waals surface area contributed by atoms with Crippen molar-refractivity contribution in [2.75, 3.05) is 24.7 Å². The highest BCUT2D eigenvalue weighted by Crippen LogP contribution is 2.29. The first kappa shape index (κ1) is 21.9. The first-order chi connectivity index (χ1) is 14.7. The number of rotatable bonds is 6. The molecule has 166 valence electrons. The summed E-state index contributed by atoms with van der Waals surface area (Å²) in [6.07, 6.45) is 2.31. The molecule has 13 heteroatoms. The molecule has 1 aliphatic heterocycles. The van der Waals surface area contributed by atoms with Crippen molar-refractivity contribution >= 4 is 43.7 Å². The van der Waals surface area contributed by atoms with Gasteiger partial charge in [-0.05, 0) is 37.3 Å². The Morgan fingerprint density at radius 2 is 2.03 bits per heavy atom. The van der Waals surface area contributed by atoms with Crippen LogP contribution in [0.5, 0.6) is 0 Å². The molecule has 1 amide bonds. The molecule has 0 atom stereocenters. The average Bonchev–Trinajstić information content (AvgIpc) is 3.43. The van der Waals surface area contributed by atoms with E-state index >= 15 is 0 Å². The summed E-state index contributed by atoms with van der Waals surface area (Å²) < 4.78 is 27.8. The number of hydrogen-bond donors (Lipinski definition) is 1. The molecule has 0 unspecified atom stereocenters. The van der Waals surface area contributed by atoms with Crippen LogP contribution in [0.4, 0.5) is 5.13 Å². The van der Waals surface area contributed by atoms with Crippen molar-refractivity contribution < 1.29 is 13.2 Å². The van der Waals surface area contributed by atoms with Crippen LogP contribution in [-0.2, 0) is 21.4 Å². The van der Waals surface area contributed by atoms with E-state index in [1.54, 1.807) is 0 Å². The summed E-state index contributed by atoms with van der Waals surface area (Å²) in [7, 11) is -3.25. The lowest BCUT2D eigenvalue weighted by molar-refractivity contribution is -0.117. The van der Waals surface area contributed by atoms with Crippen molar-refractivity contribution in [1.29, 1.82) is 0 Å². The Hall–Kier alpha value is -2.35. The Morgan fingerprint density at radius 3 is 2.61 bits per heavy atom. The fourth-order valence-electron chi connectivity index (χ4n) is 3.55. The van der Waals surface area contributed by atoms with Gasteiger partial charge < -0.3 is 5.32 Å². The highest BCUT2D eigenvalue weighted by Gasteiger charge is 2.31. The number of aromatic nitrogens is 4. The van der Waals surface area contributed by atoms with E-state index in [0.717, 1.165) is 10.4 Å². The lowest BCUT2D eigenvalue weighted by Crippen LogP contribution is -2.37. The van der Waals surface area contributed by atoms with Crippen molar-refractivity contribution in [2.24, 2.45) is 0 Å². The lowest BCUT2D eigenvalue weighted by Gasteiger charge is -2.29. The molecule has 0 spiro atoms. The quantitative estimate of drug-likeness (QED) is 0.570. The van der Waals surface area contributed by atoms with Crippen molar-refractivity contribution in [3.63, 3.8) is 0 Å². The van der Waals surface area contributed by atoms with Gasteiger partial charge in [0.25, 0.3) is 0 Å². The predicted molar refractivity (Wildman–Crippen MR) is 120 cm³/mol. The van der Waals surface area contributed by atoms with Gasteiger partial charge in [0.1, 0.15) is 17.4 Å². The Labute approximate surface area is 187 Å². The van der Waals surface area contributed by atoms with Gasteiger partial charge in [-0.3, -0.25) is 4.79 Å². The minimum atomic E-state index is -3.25. The first-order valence-corrected chi connectivity index (χ1v) is 13.2. The normalized spacial score (nSPS) is 15.9. The number of carbonyl (C=O) groups is 1. The van der Waals surface area contributed by atoms with Crippen LogP contribution < -0.4 is 11.0 Å². The third kappa shape index (κ3) is 4.79. The summed E-state index contributed by atoms with van der Waals surface area (Å²) >= 11 is 2.72. The van der Waals surface area contributed by atoms with Crippen molar-refractivity contribution in [3.8, 4) is 5.00 Å². The van der Waals surface area contributed by atoms with Crippen LogP contribution in [0, 0.1) is 6.92 Å². The lowest BCUT2D eigenvalue weighted by atomic mass is 9.97. The molecule has 0 saturated carbocycles. The van der Waals surface area contributed by atoms with Crippen LogP contribution in [0.25, 0.3) is 5.00 Å². The topological polar surface area (TPSA) is 119 Å². The maximum Gasteiger partial charge on any atom is 0.351 e. The molecule has 4 heterocycles. The number of thiophene rings is 1. The maximum absolute atomic E-state index is 13.1. The highest BCUT2D eigenvalue weighted by molar-refractivity contribution is 7.88. The third-order valence-corrected chi connectivity index (χ3v) is 8.07. The molecule has 1 N–H and O–H groups in total. The number of aryl methyl sites for hydroxylation is 1. The monoisotopic (exact) mass is 482 g/mol. The van der Waals surface area contributed by atoms with E-state index in [9.17, 15) is 18.0 Å². The highest BCUT2D eigenvalue weighted by atomic mass is 32.2.